The van der Waals surface area contributed by atoms with Crippen molar-refractivity contribution in [3.05, 3.63) is 48.2 Å². The zero-order valence-corrected chi connectivity index (χ0v) is 21.6. The van der Waals surface area contributed by atoms with Crippen LogP contribution in [0.4, 0.5) is 5.69 Å². The number of anilines is 1. The number of ether oxygens (including phenoxy) is 4. The highest BCUT2D eigenvalue weighted by molar-refractivity contribution is 14.0. The number of aromatic nitrogens is 1. The minimum absolute atomic E-state index is 0. The summed E-state index contributed by atoms with van der Waals surface area (Å²) in [5, 5.41) is 6.69. The van der Waals surface area contributed by atoms with Gasteiger partial charge in [0.05, 0.1) is 33.0 Å². The molecule has 1 aromatic carbocycles. The summed E-state index contributed by atoms with van der Waals surface area (Å²) >= 11 is 0. The van der Waals surface area contributed by atoms with Gasteiger partial charge in [-0.05, 0) is 50.6 Å². The molecule has 0 fully saturated rings. The van der Waals surface area contributed by atoms with Crippen molar-refractivity contribution in [2.24, 2.45) is 4.99 Å². The summed E-state index contributed by atoms with van der Waals surface area (Å²) in [5.41, 5.74) is 1.83. The maximum Gasteiger partial charge on any atom is 0.218 e. The van der Waals surface area contributed by atoms with Crippen LogP contribution >= 0.6 is 24.0 Å². The van der Waals surface area contributed by atoms with E-state index in [1.807, 2.05) is 50.2 Å². The number of pyridine rings is 1. The molecule has 0 aliphatic rings. The zero-order chi connectivity index (χ0) is 22.3. The number of hydrogen-bond acceptors (Lipinski definition) is 6. The first kappa shape index (κ1) is 27.9. The van der Waals surface area contributed by atoms with Crippen molar-refractivity contribution in [2.75, 3.05) is 45.9 Å². The number of rotatable bonds is 13. The van der Waals surface area contributed by atoms with Gasteiger partial charge in [-0.2, -0.15) is 0 Å². The maximum absolute atomic E-state index is 5.71. The molecule has 0 unspecified atom stereocenters. The summed E-state index contributed by atoms with van der Waals surface area (Å²) < 4.78 is 21.5. The van der Waals surface area contributed by atoms with Crippen molar-refractivity contribution in [1.82, 2.24) is 10.3 Å². The minimum atomic E-state index is 0. The van der Waals surface area contributed by atoms with E-state index in [-0.39, 0.29) is 30.1 Å². The monoisotopic (exact) mass is 558 g/mol. The van der Waals surface area contributed by atoms with Crippen molar-refractivity contribution in [1.29, 1.82) is 0 Å². The van der Waals surface area contributed by atoms with Gasteiger partial charge in [0.2, 0.25) is 5.88 Å². The van der Waals surface area contributed by atoms with Crippen molar-refractivity contribution < 1.29 is 18.9 Å². The zero-order valence-electron chi connectivity index (χ0n) is 19.3. The van der Waals surface area contributed by atoms with Crippen LogP contribution in [0.1, 0.15) is 25.8 Å². The first-order chi connectivity index (χ1) is 15.1. The fourth-order valence-electron chi connectivity index (χ4n) is 2.68. The third-order valence-corrected chi connectivity index (χ3v) is 4.13. The van der Waals surface area contributed by atoms with E-state index in [0.717, 1.165) is 30.0 Å². The first-order valence-electron chi connectivity index (χ1n) is 10.5. The van der Waals surface area contributed by atoms with Gasteiger partial charge in [-0.3, -0.25) is 0 Å². The Morgan fingerprint density at radius 2 is 1.84 bits per heavy atom. The lowest BCUT2D eigenvalue weighted by Gasteiger charge is -2.14. The number of hydrogen-bond donors (Lipinski definition) is 2. The Morgan fingerprint density at radius 3 is 2.53 bits per heavy atom. The summed E-state index contributed by atoms with van der Waals surface area (Å²) in [6.45, 7) is 7.02. The van der Waals surface area contributed by atoms with Crippen molar-refractivity contribution in [3.63, 3.8) is 0 Å². The van der Waals surface area contributed by atoms with Gasteiger partial charge in [0.1, 0.15) is 5.75 Å². The number of aliphatic imine (C=N–C) groups is 1. The van der Waals surface area contributed by atoms with E-state index in [1.54, 1.807) is 20.4 Å². The van der Waals surface area contributed by atoms with E-state index in [0.29, 0.717) is 38.2 Å². The van der Waals surface area contributed by atoms with Gasteiger partial charge in [0, 0.05) is 37.7 Å². The lowest BCUT2D eigenvalue weighted by atomic mass is 10.3. The third-order valence-electron chi connectivity index (χ3n) is 4.13. The van der Waals surface area contributed by atoms with Crippen LogP contribution in [0, 0.1) is 0 Å². The number of guanidine groups is 1. The Labute approximate surface area is 208 Å². The largest absolute Gasteiger partial charge is 0.491 e. The molecule has 0 radical (unpaired) electrons. The van der Waals surface area contributed by atoms with Crippen molar-refractivity contribution in [2.45, 2.75) is 32.9 Å². The van der Waals surface area contributed by atoms with Crippen molar-refractivity contribution >= 4 is 35.6 Å². The number of halogens is 1. The molecule has 32 heavy (non-hydrogen) atoms. The first-order valence-corrected chi connectivity index (χ1v) is 10.5. The molecule has 2 aromatic rings. The number of methoxy groups -OCH3 is 2. The average Bonchev–Trinajstić information content (AvgIpc) is 2.77. The quantitative estimate of drug-likeness (QED) is 0.166. The molecule has 0 bridgehead atoms. The predicted octanol–water partition coefficient (Wildman–Crippen LogP) is 4.11. The molecule has 2 rings (SSSR count). The Kier molecular flexibility index (Phi) is 14.4. The lowest BCUT2D eigenvalue weighted by Crippen LogP contribution is -2.32. The van der Waals surface area contributed by atoms with E-state index in [4.69, 9.17) is 23.9 Å². The van der Waals surface area contributed by atoms with Crippen LogP contribution < -0.4 is 20.1 Å². The van der Waals surface area contributed by atoms with Crippen LogP contribution in [0.2, 0.25) is 0 Å². The van der Waals surface area contributed by atoms with E-state index in [1.165, 1.54) is 0 Å². The van der Waals surface area contributed by atoms with Crippen LogP contribution in [-0.2, 0) is 16.0 Å². The number of benzene rings is 1. The standard InChI is InChI=1S/C23H34N4O4.HI/c1-18(2)31-21-10-8-20(9-11-21)27-23(25-13-6-14-30-16-15-28-3)26-17-19-7-5-12-24-22(19)29-4;/h5,7-12,18H,6,13-17H2,1-4H3,(H2,25,26,27);1H. The second-order valence-corrected chi connectivity index (χ2v) is 7.04. The van der Waals surface area contributed by atoms with Crippen LogP contribution in [0.15, 0.2) is 47.6 Å². The normalized spacial score (nSPS) is 11.1. The molecule has 1 aromatic heterocycles. The Hall–Kier alpha value is -2.11. The Morgan fingerprint density at radius 1 is 1.06 bits per heavy atom. The molecule has 0 spiro atoms. The summed E-state index contributed by atoms with van der Waals surface area (Å²) in [5.74, 6) is 2.08. The number of nitrogens with one attached hydrogen (secondary N) is 2. The maximum atomic E-state index is 5.71. The molecular weight excluding hydrogens is 523 g/mol. The highest BCUT2D eigenvalue weighted by atomic mass is 127. The second-order valence-electron chi connectivity index (χ2n) is 7.04. The molecule has 0 aliphatic heterocycles. The smallest absolute Gasteiger partial charge is 0.218 e. The molecule has 2 N–H and O–H groups in total. The van der Waals surface area contributed by atoms with Gasteiger partial charge in [-0.1, -0.05) is 6.07 Å². The molecule has 0 aliphatic carbocycles. The topological polar surface area (TPSA) is 86.2 Å². The third kappa shape index (κ3) is 11.0. The van der Waals surface area contributed by atoms with E-state index in [9.17, 15) is 0 Å². The fourth-order valence-corrected chi connectivity index (χ4v) is 2.68. The SMILES string of the molecule is COCCOCCCNC(=NCc1cccnc1OC)Nc1ccc(OC(C)C)cc1.I. The van der Waals surface area contributed by atoms with Gasteiger partial charge in [0.15, 0.2) is 5.96 Å². The van der Waals surface area contributed by atoms with Gasteiger partial charge in [-0.15, -0.1) is 24.0 Å². The Balaban J connectivity index is 0.00000512. The average molecular weight is 558 g/mol. The fraction of sp³-hybridized carbons (Fsp3) is 0.478. The summed E-state index contributed by atoms with van der Waals surface area (Å²) in [7, 11) is 3.27. The van der Waals surface area contributed by atoms with Gasteiger partial charge in [0.25, 0.3) is 0 Å². The molecular formula is C23H35IN4O4. The van der Waals surface area contributed by atoms with Gasteiger partial charge < -0.3 is 29.6 Å². The van der Waals surface area contributed by atoms with E-state index < -0.39 is 0 Å². The van der Waals surface area contributed by atoms with E-state index in [2.05, 4.69) is 15.6 Å². The van der Waals surface area contributed by atoms with E-state index >= 15 is 0 Å². The van der Waals surface area contributed by atoms with Crippen LogP contribution in [-0.4, -0.2) is 57.6 Å². The minimum Gasteiger partial charge on any atom is -0.491 e. The van der Waals surface area contributed by atoms with Crippen LogP contribution in [0.25, 0.3) is 0 Å². The molecule has 8 nitrogen and oxygen atoms in total. The van der Waals surface area contributed by atoms with Crippen LogP contribution in [0.3, 0.4) is 0 Å². The highest BCUT2D eigenvalue weighted by Gasteiger charge is 2.05. The van der Waals surface area contributed by atoms with Gasteiger partial charge in [-0.25, -0.2) is 9.98 Å². The molecule has 0 saturated heterocycles. The lowest BCUT2D eigenvalue weighted by molar-refractivity contribution is 0.0699. The van der Waals surface area contributed by atoms with Crippen molar-refractivity contribution in [3.8, 4) is 11.6 Å². The summed E-state index contributed by atoms with van der Waals surface area (Å²) in [6.07, 6.45) is 2.69. The second kappa shape index (κ2) is 16.5. The summed E-state index contributed by atoms with van der Waals surface area (Å²) in [4.78, 5) is 8.93. The molecule has 178 valence electrons. The molecule has 0 amide bonds. The van der Waals surface area contributed by atoms with Crippen LogP contribution in [0.5, 0.6) is 11.6 Å². The number of nitrogens with zero attached hydrogens (tertiary/aromatic N) is 2. The molecule has 1 heterocycles. The molecule has 0 saturated carbocycles. The van der Waals surface area contributed by atoms with Gasteiger partial charge >= 0.3 is 0 Å². The Bertz CT molecular complexity index is 788. The molecule has 9 heteroatoms. The highest BCUT2D eigenvalue weighted by Crippen LogP contribution is 2.18. The predicted molar refractivity (Wildman–Crippen MR) is 138 cm³/mol. The molecule has 0 atom stereocenters. The summed E-state index contributed by atoms with van der Waals surface area (Å²) in [6, 6.07) is 11.6.